The summed E-state index contributed by atoms with van der Waals surface area (Å²) in [5, 5.41) is 5.25. The van der Waals surface area contributed by atoms with E-state index < -0.39 is 33.7 Å². The highest BCUT2D eigenvalue weighted by Gasteiger charge is 2.28. The van der Waals surface area contributed by atoms with E-state index in [4.69, 9.17) is 0 Å². The highest BCUT2D eigenvalue weighted by Crippen LogP contribution is 2.23. The van der Waals surface area contributed by atoms with Crippen LogP contribution in [0.2, 0.25) is 0 Å². The summed E-state index contributed by atoms with van der Waals surface area (Å²) in [6, 6.07) is 10.7. The standard InChI is InChI=1S/C23H28FN3O4S/c1-16(2)21(26-22(28)19-11-4-5-12-20(19)24)23(29)25-17-9-8-10-18(15-17)32(30,31)27-13-6-3-7-14-27/h4-5,8-12,15-16,21H,3,6-7,13-14H2,1-2H3,(H,25,29)(H,26,28)/t21-/m0/s1. The summed E-state index contributed by atoms with van der Waals surface area (Å²) in [5.74, 6) is -2.18. The first-order valence-corrected chi connectivity index (χ1v) is 12.1. The van der Waals surface area contributed by atoms with Gasteiger partial charge in [-0.05, 0) is 49.1 Å². The van der Waals surface area contributed by atoms with E-state index in [1.807, 2.05) is 0 Å². The summed E-state index contributed by atoms with van der Waals surface area (Å²) in [7, 11) is -3.65. The molecule has 0 aliphatic carbocycles. The number of amides is 2. The van der Waals surface area contributed by atoms with Crippen molar-refractivity contribution in [2.45, 2.75) is 44.0 Å². The molecule has 9 heteroatoms. The van der Waals surface area contributed by atoms with E-state index in [9.17, 15) is 22.4 Å². The molecule has 1 saturated heterocycles. The van der Waals surface area contributed by atoms with Gasteiger partial charge in [-0.15, -0.1) is 0 Å². The minimum atomic E-state index is -3.65. The molecule has 0 spiro atoms. The van der Waals surface area contributed by atoms with Crippen molar-refractivity contribution in [1.29, 1.82) is 0 Å². The van der Waals surface area contributed by atoms with Crippen molar-refractivity contribution in [3.63, 3.8) is 0 Å². The molecule has 1 heterocycles. The lowest BCUT2D eigenvalue weighted by Crippen LogP contribution is -2.47. The number of hydrogen-bond acceptors (Lipinski definition) is 4. The monoisotopic (exact) mass is 461 g/mol. The van der Waals surface area contributed by atoms with Crippen LogP contribution in [-0.4, -0.2) is 43.7 Å². The largest absolute Gasteiger partial charge is 0.340 e. The Morgan fingerprint density at radius 3 is 2.34 bits per heavy atom. The minimum absolute atomic E-state index is 0.105. The zero-order chi connectivity index (χ0) is 23.3. The third-order valence-corrected chi connectivity index (χ3v) is 7.30. The number of carbonyl (C=O) groups is 2. The van der Waals surface area contributed by atoms with Gasteiger partial charge in [0.05, 0.1) is 10.5 Å². The Morgan fingerprint density at radius 2 is 1.69 bits per heavy atom. The molecule has 2 aromatic rings. The first kappa shape index (κ1) is 23.9. The van der Waals surface area contributed by atoms with Gasteiger partial charge in [-0.2, -0.15) is 4.31 Å². The molecule has 0 bridgehead atoms. The molecule has 1 atom stereocenters. The number of nitrogens with zero attached hydrogens (tertiary/aromatic N) is 1. The molecule has 1 fully saturated rings. The van der Waals surface area contributed by atoms with Gasteiger partial charge < -0.3 is 10.6 Å². The molecular formula is C23H28FN3O4S. The van der Waals surface area contributed by atoms with Crippen LogP contribution in [0.3, 0.4) is 0 Å². The molecule has 32 heavy (non-hydrogen) atoms. The Morgan fingerprint density at radius 1 is 1.00 bits per heavy atom. The fourth-order valence-corrected chi connectivity index (χ4v) is 5.17. The second kappa shape index (κ2) is 10.2. The number of halogens is 1. The van der Waals surface area contributed by atoms with E-state index in [-0.39, 0.29) is 16.4 Å². The number of rotatable bonds is 7. The molecule has 0 radical (unpaired) electrons. The number of anilines is 1. The first-order valence-electron chi connectivity index (χ1n) is 10.7. The molecule has 0 aromatic heterocycles. The predicted molar refractivity (Wildman–Crippen MR) is 120 cm³/mol. The molecule has 2 aromatic carbocycles. The zero-order valence-electron chi connectivity index (χ0n) is 18.2. The summed E-state index contributed by atoms with van der Waals surface area (Å²) >= 11 is 0. The Kier molecular flexibility index (Phi) is 7.63. The van der Waals surface area contributed by atoms with Gasteiger partial charge in [0.15, 0.2) is 0 Å². The molecule has 7 nitrogen and oxygen atoms in total. The molecule has 0 unspecified atom stereocenters. The van der Waals surface area contributed by atoms with E-state index in [1.165, 1.54) is 40.7 Å². The van der Waals surface area contributed by atoms with Crippen LogP contribution in [-0.2, 0) is 14.8 Å². The van der Waals surface area contributed by atoms with Gasteiger partial charge in [-0.3, -0.25) is 9.59 Å². The number of hydrogen-bond donors (Lipinski definition) is 2. The van der Waals surface area contributed by atoms with Crippen molar-refractivity contribution in [3.05, 3.63) is 59.9 Å². The van der Waals surface area contributed by atoms with Gasteiger partial charge in [-0.25, -0.2) is 12.8 Å². The molecule has 2 N–H and O–H groups in total. The summed E-state index contributed by atoms with van der Waals surface area (Å²) < 4.78 is 41.2. The maximum atomic E-state index is 13.9. The van der Waals surface area contributed by atoms with Crippen LogP contribution >= 0.6 is 0 Å². The fraction of sp³-hybridized carbons (Fsp3) is 0.391. The molecule has 1 aliphatic heterocycles. The van der Waals surface area contributed by atoms with E-state index >= 15 is 0 Å². The van der Waals surface area contributed by atoms with E-state index in [0.717, 1.165) is 19.3 Å². The number of carbonyl (C=O) groups excluding carboxylic acids is 2. The van der Waals surface area contributed by atoms with Crippen molar-refractivity contribution in [3.8, 4) is 0 Å². The summed E-state index contributed by atoms with van der Waals surface area (Å²) in [4.78, 5) is 25.5. The zero-order valence-corrected chi connectivity index (χ0v) is 19.0. The minimum Gasteiger partial charge on any atom is -0.340 e. The Labute approximate surface area is 188 Å². The summed E-state index contributed by atoms with van der Waals surface area (Å²) in [6.07, 6.45) is 2.66. The fourth-order valence-electron chi connectivity index (χ4n) is 3.61. The second-order valence-electron chi connectivity index (χ2n) is 8.16. The lowest BCUT2D eigenvalue weighted by atomic mass is 10.0. The molecule has 2 amide bonds. The van der Waals surface area contributed by atoms with Crippen molar-refractivity contribution >= 4 is 27.5 Å². The molecule has 1 aliphatic rings. The van der Waals surface area contributed by atoms with Crippen LogP contribution in [0.5, 0.6) is 0 Å². The summed E-state index contributed by atoms with van der Waals surface area (Å²) in [6.45, 7) is 4.47. The predicted octanol–water partition coefficient (Wildman–Crippen LogP) is 3.39. The molecule has 3 rings (SSSR count). The number of piperidine rings is 1. The highest BCUT2D eigenvalue weighted by atomic mass is 32.2. The van der Waals surface area contributed by atoms with Crippen LogP contribution in [0, 0.1) is 11.7 Å². The first-order chi connectivity index (χ1) is 15.2. The number of sulfonamides is 1. The van der Waals surface area contributed by atoms with Crippen molar-refractivity contribution in [2.75, 3.05) is 18.4 Å². The SMILES string of the molecule is CC(C)[C@H](NC(=O)c1ccccc1F)C(=O)Nc1cccc(S(=O)(=O)N2CCCCC2)c1. The van der Waals surface area contributed by atoms with Gasteiger partial charge in [0.1, 0.15) is 11.9 Å². The number of benzene rings is 2. The Bertz CT molecular complexity index is 1080. The average Bonchev–Trinajstić information content (AvgIpc) is 2.78. The third-order valence-electron chi connectivity index (χ3n) is 5.41. The highest BCUT2D eigenvalue weighted by molar-refractivity contribution is 7.89. The van der Waals surface area contributed by atoms with Gasteiger partial charge >= 0.3 is 0 Å². The summed E-state index contributed by atoms with van der Waals surface area (Å²) in [5.41, 5.74) is 0.152. The van der Waals surface area contributed by atoms with Crippen molar-refractivity contribution in [2.24, 2.45) is 5.92 Å². The Hall–Kier alpha value is -2.78. The van der Waals surface area contributed by atoms with Crippen LogP contribution in [0.25, 0.3) is 0 Å². The van der Waals surface area contributed by atoms with E-state index in [2.05, 4.69) is 10.6 Å². The molecular weight excluding hydrogens is 433 g/mol. The van der Waals surface area contributed by atoms with Crippen LogP contribution < -0.4 is 10.6 Å². The third kappa shape index (κ3) is 5.52. The lowest BCUT2D eigenvalue weighted by molar-refractivity contribution is -0.118. The quantitative estimate of drug-likeness (QED) is 0.661. The van der Waals surface area contributed by atoms with Gasteiger partial charge in [0.2, 0.25) is 15.9 Å². The second-order valence-corrected chi connectivity index (χ2v) is 10.1. The maximum Gasteiger partial charge on any atom is 0.254 e. The van der Waals surface area contributed by atoms with Gasteiger partial charge in [-0.1, -0.05) is 38.5 Å². The lowest BCUT2D eigenvalue weighted by Gasteiger charge is -2.26. The molecule has 172 valence electrons. The van der Waals surface area contributed by atoms with Gasteiger partial charge in [0, 0.05) is 18.8 Å². The smallest absolute Gasteiger partial charge is 0.254 e. The topological polar surface area (TPSA) is 95.6 Å². The van der Waals surface area contributed by atoms with E-state index in [0.29, 0.717) is 18.8 Å². The Balaban J connectivity index is 1.75. The van der Waals surface area contributed by atoms with Crippen molar-refractivity contribution in [1.82, 2.24) is 9.62 Å². The number of nitrogens with one attached hydrogen (secondary N) is 2. The van der Waals surface area contributed by atoms with Gasteiger partial charge in [0.25, 0.3) is 5.91 Å². The maximum absolute atomic E-state index is 13.9. The van der Waals surface area contributed by atoms with E-state index in [1.54, 1.807) is 26.0 Å². The van der Waals surface area contributed by atoms with Crippen molar-refractivity contribution < 1.29 is 22.4 Å². The van der Waals surface area contributed by atoms with Crippen LogP contribution in [0.4, 0.5) is 10.1 Å². The normalized spacial score (nSPS) is 15.9. The molecule has 0 saturated carbocycles. The van der Waals surface area contributed by atoms with Crippen LogP contribution in [0.1, 0.15) is 43.5 Å². The average molecular weight is 462 g/mol. The van der Waals surface area contributed by atoms with Crippen LogP contribution in [0.15, 0.2) is 53.4 Å².